The Kier molecular flexibility index (Phi) is 5.42. The summed E-state index contributed by atoms with van der Waals surface area (Å²) in [6.07, 6.45) is 1.90. The quantitative estimate of drug-likeness (QED) is 0.311. The Morgan fingerprint density at radius 3 is 2.35 bits per heavy atom. The summed E-state index contributed by atoms with van der Waals surface area (Å²) in [4.78, 5) is 0. The normalized spacial score (nSPS) is 11.1. The van der Waals surface area contributed by atoms with Crippen LogP contribution in [-0.2, 0) is 0 Å². The summed E-state index contributed by atoms with van der Waals surface area (Å²) in [5.74, 6) is 0.0902. The van der Waals surface area contributed by atoms with Crippen LogP contribution in [0.25, 0.3) is 33.9 Å². The first-order chi connectivity index (χ1) is 16.4. The highest BCUT2D eigenvalue weighted by atomic mass is 19.1. The van der Waals surface area contributed by atoms with E-state index in [1.807, 2.05) is 48.7 Å². The molecule has 0 aliphatic heterocycles. The predicted molar refractivity (Wildman–Crippen MR) is 132 cm³/mol. The van der Waals surface area contributed by atoms with Gasteiger partial charge in [-0.2, -0.15) is 0 Å². The van der Waals surface area contributed by atoms with Crippen LogP contribution in [0.5, 0.6) is 0 Å². The lowest BCUT2D eigenvalue weighted by atomic mass is 9.98. The second-order valence-corrected chi connectivity index (χ2v) is 8.24. The van der Waals surface area contributed by atoms with E-state index in [4.69, 9.17) is 0 Å². The fourth-order valence-corrected chi connectivity index (χ4v) is 4.09. The van der Waals surface area contributed by atoms with Crippen molar-refractivity contribution in [1.29, 1.82) is 0 Å². The lowest BCUT2D eigenvalue weighted by molar-refractivity contribution is 0.626. The largest absolute Gasteiger partial charge is 0.356 e. The Balaban J connectivity index is 1.55. The minimum absolute atomic E-state index is 0.280. The summed E-state index contributed by atoms with van der Waals surface area (Å²) in [6, 6.07) is 20.9. The standard InChI is InChI=1S/C28H22F2N4/c1-17-6-7-20(16-26(17)19(3)31-23-11-8-21(29)9-12-23)25-5-4-14-34-27(32-33-28(25)34)24-13-10-22(30)15-18(24)2/h4-16,31H,3H2,1-2H3. The van der Waals surface area contributed by atoms with Crippen LogP contribution in [0, 0.1) is 25.5 Å². The number of hydrogen-bond donors (Lipinski definition) is 1. The third-order valence-electron chi connectivity index (χ3n) is 5.88. The van der Waals surface area contributed by atoms with Gasteiger partial charge in [0.2, 0.25) is 0 Å². The van der Waals surface area contributed by atoms with E-state index in [0.29, 0.717) is 17.2 Å². The summed E-state index contributed by atoms with van der Waals surface area (Å²) < 4.78 is 28.8. The molecule has 4 nitrogen and oxygen atoms in total. The fourth-order valence-electron chi connectivity index (χ4n) is 4.09. The Hall–Kier alpha value is -4.32. The van der Waals surface area contributed by atoms with Crippen molar-refractivity contribution in [2.45, 2.75) is 13.8 Å². The molecule has 0 aliphatic rings. The van der Waals surface area contributed by atoms with Crippen molar-refractivity contribution in [1.82, 2.24) is 14.6 Å². The van der Waals surface area contributed by atoms with E-state index in [1.165, 1.54) is 24.3 Å². The van der Waals surface area contributed by atoms with E-state index in [0.717, 1.165) is 39.1 Å². The van der Waals surface area contributed by atoms with Crippen molar-refractivity contribution in [2.24, 2.45) is 0 Å². The highest BCUT2D eigenvalue weighted by molar-refractivity contribution is 5.84. The van der Waals surface area contributed by atoms with Gasteiger partial charge in [-0.05, 0) is 91.2 Å². The molecule has 1 N–H and O–H groups in total. The molecule has 0 fully saturated rings. The molecular weight excluding hydrogens is 430 g/mol. The molecule has 0 unspecified atom stereocenters. The molecule has 0 radical (unpaired) electrons. The second kappa shape index (κ2) is 8.56. The molecule has 5 rings (SSSR count). The Bertz CT molecular complexity index is 1530. The number of aryl methyl sites for hydroxylation is 2. The average Bonchev–Trinajstić information content (AvgIpc) is 3.25. The minimum atomic E-state index is -0.286. The molecule has 168 valence electrons. The van der Waals surface area contributed by atoms with Gasteiger partial charge < -0.3 is 5.32 Å². The number of anilines is 1. The zero-order valence-corrected chi connectivity index (χ0v) is 18.8. The lowest BCUT2D eigenvalue weighted by Gasteiger charge is -2.14. The van der Waals surface area contributed by atoms with Gasteiger partial charge >= 0.3 is 0 Å². The number of rotatable bonds is 5. The molecule has 0 bridgehead atoms. The summed E-state index contributed by atoms with van der Waals surface area (Å²) in [5.41, 5.74) is 7.66. The summed E-state index contributed by atoms with van der Waals surface area (Å²) in [5, 5.41) is 12.1. The molecule has 0 saturated carbocycles. The third-order valence-corrected chi connectivity index (χ3v) is 5.88. The van der Waals surface area contributed by atoms with E-state index in [1.54, 1.807) is 18.2 Å². The summed E-state index contributed by atoms with van der Waals surface area (Å²) >= 11 is 0. The van der Waals surface area contributed by atoms with Crippen LogP contribution in [0.2, 0.25) is 0 Å². The molecule has 0 spiro atoms. The van der Waals surface area contributed by atoms with E-state index < -0.39 is 0 Å². The molecule has 5 aromatic rings. The third kappa shape index (κ3) is 3.94. The molecule has 0 amide bonds. The number of hydrogen-bond acceptors (Lipinski definition) is 3. The van der Waals surface area contributed by atoms with Crippen LogP contribution < -0.4 is 5.32 Å². The minimum Gasteiger partial charge on any atom is -0.356 e. The van der Waals surface area contributed by atoms with E-state index in [9.17, 15) is 8.78 Å². The van der Waals surface area contributed by atoms with E-state index >= 15 is 0 Å². The molecule has 0 saturated heterocycles. The van der Waals surface area contributed by atoms with Gasteiger partial charge in [0.25, 0.3) is 0 Å². The summed E-state index contributed by atoms with van der Waals surface area (Å²) in [6.45, 7) is 8.07. The van der Waals surface area contributed by atoms with Crippen molar-refractivity contribution >= 4 is 17.0 Å². The van der Waals surface area contributed by atoms with Crippen molar-refractivity contribution in [2.75, 3.05) is 5.32 Å². The summed E-state index contributed by atoms with van der Waals surface area (Å²) in [7, 11) is 0. The van der Waals surface area contributed by atoms with Gasteiger partial charge in [0, 0.05) is 34.3 Å². The Morgan fingerprint density at radius 1 is 0.824 bits per heavy atom. The molecule has 2 aromatic heterocycles. The maximum atomic E-state index is 13.6. The number of halogens is 2. The van der Waals surface area contributed by atoms with Crippen LogP contribution in [0.15, 0.2) is 85.6 Å². The second-order valence-electron chi connectivity index (χ2n) is 8.24. The predicted octanol–water partition coefficient (Wildman–Crippen LogP) is 7.04. The van der Waals surface area contributed by atoms with Crippen LogP contribution in [0.1, 0.15) is 16.7 Å². The monoisotopic (exact) mass is 452 g/mol. The maximum absolute atomic E-state index is 13.6. The van der Waals surface area contributed by atoms with Gasteiger partial charge in [0.05, 0.1) is 0 Å². The van der Waals surface area contributed by atoms with Crippen molar-refractivity contribution in [3.8, 4) is 22.5 Å². The van der Waals surface area contributed by atoms with Crippen molar-refractivity contribution < 1.29 is 8.78 Å². The number of pyridine rings is 1. The topological polar surface area (TPSA) is 42.2 Å². The van der Waals surface area contributed by atoms with Crippen LogP contribution in [-0.4, -0.2) is 14.6 Å². The highest BCUT2D eigenvalue weighted by Gasteiger charge is 2.15. The van der Waals surface area contributed by atoms with E-state index in [-0.39, 0.29) is 11.6 Å². The molecule has 0 aliphatic carbocycles. The Labute approximate surface area is 196 Å². The lowest BCUT2D eigenvalue weighted by Crippen LogP contribution is -2.00. The molecule has 34 heavy (non-hydrogen) atoms. The average molecular weight is 453 g/mol. The van der Waals surface area contributed by atoms with Crippen LogP contribution in [0.4, 0.5) is 14.5 Å². The fraction of sp³-hybridized carbons (Fsp3) is 0.0714. The van der Waals surface area contributed by atoms with Crippen LogP contribution >= 0.6 is 0 Å². The van der Waals surface area contributed by atoms with Gasteiger partial charge in [-0.1, -0.05) is 18.7 Å². The first-order valence-electron chi connectivity index (χ1n) is 10.8. The molecule has 0 atom stereocenters. The first-order valence-corrected chi connectivity index (χ1v) is 10.8. The highest BCUT2D eigenvalue weighted by Crippen LogP contribution is 2.31. The zero-order valence-electron chi connectivity index (χ0n) is 18.8. The zero-order chi connectivity index (χ0) is 23.8. The van der Waals surface area contributed by atoms with E-state index in [2.05, 4.69) is 28.2 Å². The Morgan fingerprint density at radius 2 is 1.59 bits per heavy atom. The van der Waals surface area contributed by atoms with Crippen LogP contribution in [0.3, 0.4) is 0 Å². The maximum Gasteiger partial charge on any atom is 0.168 e. The molecule has 6 heteroatoms. The molecule has 3 aromatic carbocycles. The molecular formula is C28H22F2N4. The van der Waals surface area contributed by atoms with Crippen molar-refractivity contribution in [3.63, 3.8) is 0 Å². The van der Waals surface area contributed by atoms with Gasteiger partial charge in [0.15, 0.2) is 11.5 Å². The number of aromatic nitrogens is 3. The molecule has 2 heterocycles. The smallest absolute Gasteiger partial charge is 0.168 e. The van der Waals surface area contributed by atoms with Gasteiger partial charge in [-0.15, -0.1) is 10.2 Å². The van der Waals surface area contributed by atoms with Crippen molar-refractivity contribution in [3.05, 3.63) is 114 Å². The number of benzene rings is 3. The van der Waals surface area contributed by atoms with Gasteiger partial charge in [-0.3, -0.25) is 4.40 Å². The van der Waals surface area contributed by atoms with Gasteiger partial charge in [-0.25, -0.2) is 8.78 Å². The number of nitrogens with one attached hydrogen (secondary N) is 1. The van der Waals surface area contributed by atoms with Gasteiger partial charge in [0.1, 0.15) is 11.6 Å². The number of fused-ring (bicyclic) bond motifs is 1. The first kappa shape index (κ1) is 21.5. The SMILES string of the molecule is C=C(Nc1ccc(F)cc1)c1cc(-c2cccn3c(-c4ccc(F)cc4C)nnc23)ccc1C. The number of nitrogens with zero attached hydrogens (tertiary/aromatic N) is 3.